The fraction of sp³-hybridized carbons (Fsp3) is 0.462. The Morgan fingerprint density at radius 2 is 2.06 bits per heavy atom. The first-order valence-electron chi connectivity index (χ1n) is 5.96. The molecule has 0 amide bonds. The number of rotatable bonds is 4. The number of nitrogens with zero attached hydrogens (tertiary/aromatic N) is 3. The fourth-order valence-electron chi connectivity index (χ4n) is 2.01. The predicted molar refractivity (Wildman–Crippen MR) is 70.9 cm³/mol. The standard InChI is InChI=1S/C13H20N4/c1-10(16(2)3)13-15-11-6-4-5-7-12(11)17(13)9-8-14/h4-7,10H,8-9,14H2,1-3H3. The zero-order valence-electron chi connectivity index (χ0n) is 10.7. The van der Waals surface area contributed by atoms with Gasteiger partial charge in [0.2, 0.25) is 0 Å². The van der Waals surface area contributed by atoms with E-state index < -0.39 is 0 Å². The van der Waals surface area contributed by atoms with Crippen molar-refractivity contribution in [2.45, 2.75) is 19.5 Å². The zero-order valence-corrected chi connectivity index (χ0v) is 10.7. The number of hydrogen-bond acceptors (Lipinski definition) is 3. The highest BCUT2D eigenvalue weighted by molar-refractivity contribution is 5.76. The number of fused-ring (bicyclic) bond motifs is 1. The van der Waals surface area contributed by atoms with Gasteiger partial charge in [-0.2, -0.15) is 0 Å². The van der Waals surface area contributed by atoms with Crippen LogP contribution in [-0.2, 0) is 6.54 Å². The molecule has 0 saturated heterocycles. The SMILES string of the molecule is CC(c1nc2ccccc2n1CCN)N(C)C. The van der Waals surface area contributed by atoms with Crippen molar-refractivity contribution in [3.63, 3.8) is 0 Å². The van der Waals surface area contributed by atoms with Gasteiger partial charge in [-0.25, -0.2) is 4.98 Å². The number of benzene rings is 1. The number of hydrogen-bond donors (Lipinski definition) is 1. The minimum Gasteiger partial charge on any atom is -0.329 e. The molecule has 0 saturated carbocycles. The molecule has 1 heterocycles. The minimum atomic E-state index is 0.286. The Labute approximate surface area is 102 Å². The molecule has 1 atom stereocenters. The van der Waals surface area contributed by atoms with Crippen LogP contribution in [0.1, 0.15) is 18.8 Å². The van der Waals surface area contributed by atoms with Gasteiger partial charge in [-0.1, -0.05) is 12.1 Å². The van der Waals surface area contributed by atoms with Gasteiger partial charge in [0.25, 0.3) is 0 Å². The summed E-state index contributed by atoms with van der Waals surface area (Å²) in [5.74, 6) is 1.08. The molecule has 0 aliphatic carbocycles. The lowest BCUT2D eigenvalue weighted by molar-refractivity contribution is 0.302. The minimum absolute atomic E-state index is 0.286. The van der Waals surface area contributed by atoms with Crippen molar-refractivity contribution in [1.29, 1.82) is 0 Å². The average Bonchev–Trinajstić information content (AvgIpc) is 2.68. The molecule has 0 fully saturated rings. The van der Waals surface area contributed by atoms with Crippen molar-refractivity contribution in [3.05, 3.63) is 30.1 Å². The summed E-state index contributed by atoms with van der Waals surface area (Å²) in [6.07, 6.45) is 0. The molecule has 1 aromatic heterocycles. The van der Waals surface area contributed by atoms with E-state index in [-0.39, 0.29) is 6.04 Å². The van der Waals surface area contributed by atoms with Crippen LogP contribution >= 0.6 is 0 Å². The van der Waals surface area contributed by atoms with E-state index in [9.17, 15) is 0 Å². The van der Waals surface area contributed by atoms with Gasteiger partial charge in [-0.15, -0.1) is 0 Å². The maximum absolute atomic E-state index is 5.69. The van der Waals surface area contributed by atoms with Crippen LogP contribution in [0, 0.1) is 0 Å². The average molecular weight is 232 g/mol. The summed E-state index contributed by atoms with van der Waals surface area (Å²) in [6.45, 7) is 3.61. The Hall–Kier alpha value is -1.39. The quantitative estimate of drug-likeness (QED) is 0.871. The molecule has 2 aromatic rings. The normalized spacial score (nSPS) is 13.5. The van der Waals surface area contributed by atoms with Crippen LogP contribution in [0.25, 0.3) is 11.0 Å². The fourth-order valence-corrected chi connectivity index (χ4v) is 2.01. The lowest BCUT2D eigenvalue weighted by Crippen LogP contribution is -2.22. The highest BCUT2D eigenvalue weighted by Gasteiger charge is 2.17. The second-order valence-electron chi connectivity index (χ2n) is 4.54. The number of imidazole rings is 1. The highest BCUT2D eigenvalue weighted by atomic mass is 15.2. The maximum atomic E-state index is 5.69. The van der Waals surface area contributed by atoms with Gasteiger partial charge in [0.15, 0.2) is 0 Å². The van der Waals surface area contributed by atoms with E-state index >= 15 is 0 Å². The van der Waals surface area contributed by atoms with E-state index in [0.717, 1.165) is 17.9 Å². The molecule has 0 aliphatic heterocycles. The zero-order chi connectivity index (χ0) is 12.4. The second kappa shape index (κ2) is 4.85. The first-order valence-corrected chi connectivity index (χ1v) is 5.96. The summed E-state index contributed by atoms with van der Waals surface area (Å²) < 4.78 is 2.22. The number of para-hydroxylation sites is 2. The summed E-state index contributed by atoms with van der Waals surface area (Å²) in [6, 6.07) is 8.50. The number of nitrogens with two attached hydrogens (primary N) is 1. The Kier molecular flexibility index (Phi) is 3.45. The van der Waals surface area contributed by atoms with Gasteiger partial charge in [-0.3, -0.25) is 4.90 Å². The third kappa shape index (κ3) is 2.18. The van der Waals surface area contributed by atoms with E-state index in [1.807, 2.05) is 18.2 Å². The number of aromatic nitrogens is 2. The maximum Gasteiger partial charge on any atom is 0.127 e. The van der Waals surface area contributed by atoms with Crippen molar-refractivity contribution >= 4 is 11.0 Å². The Morgan fingerprint density at radius 1 is 1.35 bits per heavy atom. The Bertz CT molecular complexity index is 501. The smallest absolute Gasteiger partial charge is 0.127 e. The summed E-state index contributed by atoms with van der Waals surface area (Å²) in [5.41, 5.74) is 7.91. The topological polar surface area (TPSA) is 47.1 Å². The van der Waals surface area contributed by atoms with Crippen LogP contribution in [0.5, 0.6) is 0 Å². The van der Waals surface area contributed by atoms with Crippen LogP contribution in [0.3, 0.4) is 0 Å². The van der Waals surface area contributed by atoms with Gasteiger partial charge in [0.1, 0.15) is 5.82 Å². The Balaban J connectivity index is 2.57. The Morgan fingerprint density at radius 3 is 2.71 bits per heavy atom. The van der Waals surface area contributed by atoms with Crippen LogP contribution < -0.4 is 5.73 Å². The molecule has 2 N–H and O–H groups in total. The van der Waals surface area contributed by atoms with E-state index in [1.165, 1.54) is 5.52 Å². The molecule has 1 aromatic carbocycles. The summed E-state index contributed by atoms with van der Waals surface area (Å²) >= 11 is 0. The van der Waals surface area contributed by atoms with Crippen LogP contribution in [-0.4, -0.2) is 35.1 Å². The molecule has 17 heavy (non-hydrogen) atoms. The lowest BCUT2D eigenvalue weighted by atomic mass is 10.3. The summed E-state index contributed by atoms with van der Waals surface area (Å²) in [7, 11) is 4.13. The summed E-state index contributed by atoms with van der Waals surface area (Å²) in [5, 5.41) is 0. The summed E-state index contributed by atoms with van der Waals surface area (Å²) in [4.78, 5) is 6.88. The molecule has 2 rings (SSSR count). The van der Waals surface area contributed by atoms with Crippen molar-refractivity contribution in [1.82, 2.24) is 14.5 Å². The first-order chi connectivity index (χ1) is 8.15. The van der Waals surface area contributed by atoms with Crippen molar-refractivity contribution in [3.8, 4) is 0 Å². The van der Waals surface area contributed by atoms with Crippen molar-refractivity contribution < 1.29 is 0 Å². The predicted octanol–water partition coefficient (Wildman–Crippen LogP) is 1.62. The van der Waals surface area contributed by atoms with E-state index in [4.69, 9.17) is 10.7 Å². The molecule has 1 unspecified atom stereocenters. The van der Waals surface area contributed by atoms with Gasteiger partial charge >= 0.3 is 0 Å². The largest absolute Gasteiger partial charge is 0.329 e. The van der Waals surface area contributed by atoms with Crippen LogP contribution in [0.15, 0.2) is 24.3 Å². The molecule has 0 spiro atoms. The second-order valence-corrected chi connectivity index (χ2v) is 4.54. The molecule has 4 heteroatoms. The molecule has 92 valence electrons. The van der Waals surface area contributed by atoms with E-state index in [1.54, 1.807) is 0 Å². The monoisotopic (exact) mass is 232 g/mol. The molecular formula is C13H20N4. The molecule has 4 nitrogen and oxygen atoms in total. The lowest BCUT2D eigenvalue weighted by Gasteiger charge is -2.20. The molecule has 0 bridgehead atoms. The van der Waals surface area contributed by atoms with Crippen molar-refractivity contribution in [2.24, 2.45) is 5.73 Å². The third-order valence-electron chi connectivity index (χ3n) is 3.19. The van der Waals surface area contributed by atoms with E-state index in [0.29, 0.717) is 6.54 Å². The van der Waals surface area contributed by atoms with E-state index in [2.05, 4.69) is 36.6 Å². The van der Waals surface area contributed by atoms with Gasteiger partial charge in [0.05, 0.1) is 17.1 Å². The highest BCUT2D eigenvalue weighted by Crippen LogP contribution is 2.22. The van der Waals surface area contributed by atoms with Gasteiger partial charge in [-0.05, 0) is 33.2 Å². The van der Waals surface area contributed by atoms with Gasteiger partial charge in [0, 0.05) is 13.1 Å². The third-order valence-corrected chi connectivity index (χ3v) is 3.19. The first kappa shape index (κ1) is 12.1. The van der Waals surface area contributed by atoms with Gasteiger partial charge < -0.3 is 10.3 Å². The van der Waals surface area contributed by atoms with Crippen molar-refractivity contribution in [2.75, 3.05) is 20.6 Å². The van der Waals surface area contributed by atoms with Crippen LogP contribution in [0.4, 0.5) is 0 Å². The molecule has 0 aliphatic rings. The molecular weight excluding hydrogens is 212 g/mol. The molecule has 0 radical (unpaired) electrons. The van der Waals surface area contributed by atoms with Crippen LogP contribution in [0.2, 0.25) is 0 Å².